The lowest BCUT2D eigenvalue weighted by atomic mass is 9.94. The smallest absolute Gasteiger partial charge is 0.261 e. The Labute approximate surface area is 167 Å². The Morgan fingerprint density at radius 1 is 1.11 bits per heavy atom. The second kappa shape index (κ2) is 7.34. The molecule has 0 unspecified atom stereocenters. The van der Waals surface area contributed by atoms with E-state index in [1.807, 2.05) is 18.2 Å². The van der Waals surface area contributed by atoms with Crippen molar-refractivity contribution in [2.24, 2.45) is 0 Å². The average Bonchev–Trinajstić information content (AvgIpc) is 2.60. The van der Waals surface area contributed by atoms with Crippen LogP contribution in [0.1, 0.15) is 37.0 Å². The fourth-order valence-corrected chi connectivity index (χ4v) is 4.78. The zero-order valence-electron chi connectivity index (χ0n) is 15.5. The highest BCUT2D eigenvalue weighted by atomic mass is 35.5. The van der Waals surface area contributed by atoms with Crippen molar-refractivity contribution in [1.29, 1.82) is 0 Å². The first-order valence-corrected chi connectivity index (χ1v) is 10.5. The molecule has 2 N–H and O–H groups in total. The van der Waals surface area contributed by atoms with E-state index in [0.29, 0.717) is 5.69 Å². The van der Waals surface area contributed by atoms with Crippen molar-refractivity contribution in [3.05, 3.63) is 53.1 Å². The second-order valence-corrected chi connectivity index (χ2v) is 9.29. The second-order valence-electron chi connectivity index (χ2n) is 7.61. The number of hydrogen-bond donors (Lipinski definition) is 2. The van der Waals surface area contributed by atoms with Gasteiger partial charge in [0.15, 0.2) is 0 Å². The molecule has 5 nitrogen and oxygen atoms in total. The number of nitrogens with one attached hydrogen (secondary N) is 2. The predicted octanol–water partition coefficient (Wildman–Crippen LogP) is 3.66. The Balaban J connectivity index is 0.00000210. The molecule has 0 amide bonds. The minimum absolute atomic E-state index is 0. The molecule has 2 heterocycles. The Hall–Kier alpha value is -1.76. The molecule has 0 saturated carbocycles. The lowest BCUT2D eigenvalue weighted by Crippen LogP contribution is -2.32. The van der Waals surface area contributed by atoms with Gasteiger partial charge in [-0.15, -0.1) is 12.4 Å². The van der Waals surface area contributed by atoms with Gasteiger partial charge in [0.25, 0.3) is 10.0 Å². The Morgan fingerprint density at radius 2 is 1.93 bits per heavy atom. The molecule has 0 bridgehead atoms. The molecule has 2 aliphatic heterocycles. The third-order valence-corrected chi connectivity index (χ3v) is 6.47. The van der Waals surface area contributed by atoms with Gasteiger partial charge in [-0.25, -0.2) is 8.42 Å². The largest absolute Gasteiger partial charge is 0.488 e. The van der Waals surface area contributed by atoms with Crippen LogP contribution in [-0.4, -0.2) is 20.6 Å². The fourth-order valence-electron chi connectivity index (χ4n) is 3.63. The molecule has 2 aromatic carbocycles. The van der Waals surface area contributed by atoms with Crippen molar-refractivity contribution in [3.8, 4) is 5.75 Å². The number of rotatable bonds is 3. The molecular formula is C20H25ClN2O3S. The molecule has 0 saturated heterocycles. The van der Waals surface area contributed by atoms with Crippen molar-refractivity contribution < 1.29 is 13.2 Å². The molecule has 2 aliphatic rings. The first kappa shape index (κ1) is 20.0. The molecule has 0 radical (unpaired) electrons. The summed E-state index contributed by atoms with van der Waals surface area (Å²) in [5.41, 5.74) is 3.66. The van der Waals surface area contributed by atoms with E-state index in [9.17, 15) is 8.42 Å². The van der Waals surface area contributed by atoms with Gasteiger partial charge in [0, 0.05) is 6.54 Å². The van der Waals surface area contributed by atoms with E-state index < -0.39 is 10.0 Å². The first-order valence-electron chi connectivity index (χ1n) is 9.00. The minimum atomic E-state index is -3.64. The number of sulfonamides is 1. The summed E-state index contributed by atoms with van der Waals surface area (Å²) in [6, 6.07) is 10.9. The summed E-state index contributed by atoms with van der Waals surface area (Å²) in [6.45, 7) is 5.74. The molecule has 7 heteroatoms. The average molecular weight is 409 g/mol. The van der Waals surface area contributed by atoms with E-state index in [0.717, 1.165) is 54.8 Å². The molecule has 2 aromatic rings. The quantitative estimate of drug-likeness (QED) is 0.813. The maximum atomic E-state index is 12.9. The first-order chi connectivity index (χ1) is 12.3. The summed E-state index contributed by atoms with van der Waals surface area (Å²) < 4.78 is 34.6. The van der Waals surface area contributed by atoms with Gasteiger partial charge in [-0.1, -0.05) is 12.1 Å². The summed E-state index contributed by atoms with van der Waals surface area (Å²) in [4.78, 5) is 0.283. The van der Waals surface area contributed by atoms with Crippen LogP contribution in [0, 0.1) is 0 Å². The van der Waals surface area contributed by atoms with E-state index >= 15 is 0 Å². The SMILES string of the molecule is CC1(C)CCc2cc(S(=O)(=O)Nc3cccc4c3CCNC4)ccc2O1.Cl. The van der Waals surface area contributed by atoms with Crippen LogP contribution < -0.4 is 14.8 Å². The summed E-state index contributed by atoms with van der Waals surface area (Å²) >= 11 is 0. The van der Waals surface area contributed by atoms with E-state index in [4.69, 9.17) is 4.74 Å². The van der Waals surface area contributed by atoms with Crippen molar-refractivity contribution in [2.45, 2.75) is 50.2 Å². The number of anilines is 1. The zero-order valence-corrected chi connectivity index (χ0v) is 17.2. The molecule has 27 heavy (non-hydrogen) atoms. The third kappa shape index (κ3) is 4.08. The highest BCUT2D eigenvalue weighted by Crippen LogP contribution is 2.35. The van der Waals surface area contributed by atoms with E-state index in [1.54, 1.807) is 18.2 Å². The molecular weight excluding hydrogens is 384 g/mol. The number of ether oxygens (including phenoxy) is 1. The Kier molecular flexibility index (Phi) is 5.43. The van der Waals surface area contributed by atoms with Crippen LogP contribution >= 0.6 is 12.4 Å². The van der Waals surface area contributed by atoms with Crippen LogP contribution in [0.25, 0.3) is 0 Å². The van der Waals surface area contributed by atoms with Gasteiger partial charge in [-0.2, -0.15) is 0 Å². The van der Waals surface area contributed by atoms with E-state index in [2.05, 4.69) is 23.9 Å². The van der Waals surface area contributed by atoms with Gasteiger partial charge in [0.05, 0.1) is 10.6 Å². The fraction of sp³-hybridized carbons (Fsp3) is 0.400. The van der Waals surface area contributed by atoms with Gasteiger partial charge in [0.2, 0.25) is 0 Å². The molecule has 0 atom stereocenters. The summed E-state index contributed by atoms with van der Waals surface area (Å²) in [7, 11) is -3.64. The van der Waals surface area contributed by atoms with Crippen molar-refractivity contribution in [1.82, 2.24) is 5.32 Å². The van der Waals surface area contributed by atoms with Gasteiger partial charge >= 0.3 is 0 Å². The highest BCUT2D eigenvalue weighted by Gasteiger charge is 2.28. The topological polar surface area (TPSA) is 67.4 Å². The molecule has 146 valence electrons. The number of halogens is 1. The van der Waals surface area contributed by atoms with Gasteiger partial charge in [-0.05, 0) is 80.6 Å². The number of benzene rings is 2. The lowest BCUT2D eigenvalue weighted by molar-refractivity contribution is 0.0845. The molecule has 4 rings (SSSR count). The van der Waals surface area contributed by atoms with Crippen LogP contribution in [0.15, 0.2) is 41.3 Å². The van der Waals surface area contributed by atoms with E-state index in [-0.39, 0.29) is 22.9 Å². The molecule has 0 fully saturated rings. The van der Waals surface area contributed by atoms with Crippen LogP contribution in [0.5, 0.6) is 5.75 Å². The standard InChI is InChI=1S/C20H24N2O3S.ClH/c1-20(2)10-8-14-12-16(6-7-19(14)25-20)26(23,24)22-18-5-3-4-15-13-21-11-9-17(15)18;/h3-7,12,21-22H,8-11,13H2,1-2H3;1H. The molecule has 0 aliphatic carbocycles. The van der Waals surface area contributed by atoms with Crippen molar-refractivity contribution in [3.63, 3.8) is 0 Å². The summed E-state index contributed by atoms with van der Waals surface area (Å²) in [6.07, 6.45) is 2.51. The Bertz CT molecular complexity index is 958. The van der Waals surface area contributed by atoms with E-state index in [1.165, 1.54) is 0 Å². The summed E-state index contributed by atoms with van der Waals surface area (Å²) in [5.74, 6) is 0.781. The van der Waals surface area contributed by atoms with Gasteiger partial charge < -0.3 is 10.1 Å². The van der Waals surface area contributed by atoms with Gasteiger partial charge in [0.1, 0.15) is 11.4 Å². The van der Waals surface area contributed by atoms with Crippen molar-refractivity contribution in [2.75, 3.05) is 11.3 Å². The summed E-state index contributed by atoms with van der Waals surface area (Å²) in [5, 5.41) is 3.31. The maximum Gasteiger partial charge on any atom is 0.261 e. The van der Waals surface area contributed by atoms with Crippen LogP contribution in [0.3, 0.4) is 0 Å². The zero-order chi connectivity index (χ0) is 18.4. The third-order valence-electron chi connectivity index (χ3n) is 5.11. The number of fused-ring (bicyclic) bond motifs is 2. The molecule has 0 aromatic heterocycles. The normalized spacial score (nSPS) is 17.7. The Morgan fingerprint density at radius 3 is 2.74 bits per heavy atom. The molecule has 0 spiro atoms. The monoisotopic (exact) mass is 408 g/mol. The number of aryl methyl sites for hydroxylation is 1. The lowest BCUT2D eigenvalue weighted by Gasteiger charge is -2.32. The minimum Gasteiger partial charge on any atom is -0.488 e. The van der Waals surface area contributed by atoms with Gasteiger partial charge in [-0.3, -0.25) is 4.72 Å². The van der Waals surface area contributed by atoms with Crippen LogP contribution in [0.4, 0.5) is 5.69 Å². The predicted molar refractivity (Wildman–Crippen MR) is 109 cm³/mol. The van der Waals surface area contributed by atoms with Crippen LogP contribution in [-0.2, 0) is 29.4 Å². The number of hydrogen-bond acceptors (Lipinski definition) is 4. The highest BCUT2D eigenvalue weighted by molar-refractivity contribution is 7.92. The van der Waals surface area contributed by atoms with Crippen LogP contribution in [0.2, 0.25) is 0 Å². The maximum absolute atomic E-state index is 12.9. The van der Waals surface area contributed by atoms with Crippen molar-refractivity contribution >= 4 is 28.1 Å².